The summed E-state index contributed by atoms with van der Waals surface area (Å²) in [7, 11) is 1.59. The Morgan fingerprint density at radius 1 is 1.03 bits per heavy atom. The fourth-order valence-electron chi connectivity index (χ4n) is 4.12. The number of carbonyl (C=O) groups is 2. The zero-order valence-corrected chi connectivity index (χ0v) is 19.3. The Labute approximate surface area is 199 Å². The van der Waals surface area contributed by atoms with Crippen molar-refractivity contribution < 1.29 is 14.3 Å². The minimum atomic E-state index is -0.688. The van der Waals surface area contributed by atoms with Gasteiger partial charge in [-0.3, -0.25) is 4.79 Å². The summed E-state index contributed by atoms with van der Waals surface area (Å²) in [6, 6.07) is 22.8. The first kappa shape index (κ1) is 23.5. The smallest absolute Gasteiger partial charge is 0.318 e. The molecule has 1 aliphatic heterocycles. The zero-order valence-electron chi connectivity index (χ0n) is 19.3. The van der Waals surface area contributed by atoms with Crippen molar-refractivity contribution in [2.24, 2.45) is 5.73 Å². The summed E-state index contributed by atoms with van der Waals surface area (Å²) in [5, 5.41) is 5.45. The number of ether oxygens (including phenoxy) is 1. The van der Waals surface area contributed by atoms with Crippen LogP contribution in [-0.2, 0) is 29.1 Å². The van der Waals surface area contributed by atoms with Crippen molar-refractivity contribution in [3.8, 4) is 11.1 Å². The third kappa shape index (κ3) is 5.62. The number of carbonyl (C=O) groups excluding carboxylic acids is 2. The normalized spacial score (nSPS) is 13.6. The Morgan fingerprint density at radius 3 is 2.59 bits per heavy atom. The monoisotopic (exact) mass is 458 g/mol. The third-order valence-corrected chi connectivity index (χ3v) is 5.97. The van der Waals surface area contributed by atoms with E-state index in [2.05, 4.69) is 22.8 Å². The number of amides is 3. The Balaban J connectivity index is 1.39. The lowest BCUT2D eigenvalue weighted by atomic mass is 9.93. The van der Waals surface area contributed by atoms with Crippen LogP contribution in [0.2, 0.25) is 0 Å². The molecule has 3 aromatic rings. The molecule has 0 saturated carbocycles. The van der Waals surface area contributed by atoms with Crippen LogP contribution in [0.1, 0.15) is 16.7 Å². The van der Waals surface area contributed by atoms with Crippen LogP contribution >= 0.6 is 0 Å². The standard InChI is InChI=1S/C27H30N4O3/c1-29-27(33)30-25-10-6-5-9-23(25)21-11-12-22-16-31(14-13-20(22)15-21)26(32)24(28)18-34-17-19-7-3-2-4-8-19/h2-12,15,24H,13-14,16-18,28H2,1H3,(H2,29,30,33). The number of anilines is 1. The predicted molar refractivity (Wildman–Crippen MR) is 133 cm³/mol. The molecule has 4 N–H and O–H groups in total. The van der Waals surface area contributed by atoms with E-state index in [9.17, 15) is 9.59 Å². The molecular formula is C27H30N4O3. The van der Waals surface area contributed by atoms with Crippen LogP contribution in [0, 0.1) is 0 Å². The Kier molecular flexibility index (Phi) is 7.57. The topological polar surface area (TPSA) is 96.7 Å². The maximum Gasteiger partial charge on any atom is 0.318 e. The van der Waals surface area contributed by atoms with Crippen molar-refractivity contribution in [1.82, 2.24) is 10.2 Å². The van der Waals surface area contributed by atoms with E-state index >= 15 is 0 Å². The van der Waals surface area contributed by atoms with E-state index in [4.69, 9.17) is 10.5 Å². The highest BCUT2D eigenvalue weighted by Gasteiger charge is 2.25. The molecular weight excluding hydrogens is 428 g/mol. The molecule has 1 unspecified atom stereocenters. The third-order valence-electron chi connectivity index (χ3n) is 5.97. The molecule has 0 bridgehead atoms. The maximum absolute atomic E-state index is 12.9. The molecule has 0 spiro atoms. The van der Waals surface area contributed by atoms with Gasteiger partial charge in [-0.1, -0.05) is 66.7 Å². The van der Waals surface area contributed by atoms with Crippen molar-refractivity contribution in [2.75, 3.05) is 25.5 Å². The minimum Gasteiger partial charge on any atom is -0.375 e. The predicted octanol–water partition coefficient (Wildman–Crippen LogP) is 3.53. The van der Waals surface area contributed by atoms with Gasteiger partial charge in [0.15, 0.2) is 0 Å². The van der Waals surface area contributed by atoms with Gasteiger partial charge in [0, 0.05) is 25.7 Å². The van der Waals surface area contributed by atoms with Crippen LogP contribution in [0.25, 0.3) is 11.1 Å². The summed E-state index contributed by atoms with van der Waals surface area (Å²) >= 11 is 0. The van der Waals surface area contributed by atoms with Gasteiger partial charge < -0.3 is 26.0 Å². The largest absolute Gasteiger partial charge is 0.375 e. The molecule has 0 aromatic heterocycles. The lowest BCUT2D eigenvalue weighted by Crippen LogP contribution is -2.47. The molecule has 1 heterocycles. The first-order chi connectivity index (χ1) is 16.5. The van der Waals surface area contributed by atoms with E-state index in [1.54, 1.807) is 11.9 Å². The van der Waals surface area contributed by atoms with Crippen LogP contribution in [0.3, 0.4) is 0 Å². The van der Waals surface area contributed by atoms with Gasteiger partial charge in [0.1, 0.15) is 6.04 Å². The van der Waals surface area contributed by atoms with Gasteiger partial charge in [-0.05, 0) is 34.7 Å². The number of nitrogens with one attached hydrogen (secondary N) is 2. The highest BCUT2D eigenvalue weighted by molar-refractivity contribution is 5.94. The van der Waals surface area contributed by atoms with E-state index in [0.29, 0.717) is 19.7 Å². The first-order valence-electron chi connectivity index (χ1n) is 11.4. The van der Waals surface area contributed by atoms with Crippen LogP contribution in [-0.4, -0.2) is 43.1 Å². The number of nitrogens with zero attached hydrogens (tertiary/aromatic N) is 1. The number of nitrogens with two attached hydrogens (primary N) is 1. The molecule has 0 fully saturated rings. The molecule has 7 heteroatoms. The van der Waals surface area contributed by atoms with E-state index in [1.807, 2.05) is 60.7 Å². The Morgan fingerprint density at radius 2 is 1.79 bits per heavy atom. The second-order valence-corrected chi connectivity index (χ2v) is 8.35. The molecule has 176 valence electrons. The Bertz CT molecular complexity index is 1150. The van der Waals surface area contributed by atoms with Gasteiger partial charge in [0.05, 0.1) is 18.9 Å². The summed E-state index contributed by atoms with van der Waals surface area (Å²) in [4.78, 5) is 26.5. The van der Waals surface area contributed by atoms with Crippen molar-refractivity contribution >= 4 is 17.6 Å². The van der Waals surface area contributed by atoms with E-state index in [-0.39, 0.29) is 18.5 Å². The summed E-state index contributed by atoms with van der Waals surface area (Å²) in [5.74, 6) is -0.0945. The average Bonchev–Trinajstić information content (AvgIpc) is 2.88. The van der Waals surface area contributed by atoms with Gasteiger partial charge in [-0.15, -0.1) is 0 Å². The van der Waals surface area contributed by atoms with Crippen molar-refractivity contribution in [3.63, 3.8) is 0 Å². The lowest BCUT2D eigenvalue weighted by Gasteiger charge is -2.31. The number of urea groups is 1. The number of rotatable bonds is 7. The highest BCUT2D eigenvalue weighted by atomic mass is 16.5. The van der Waals surface area contributed by atoms with Crippen LogP contribution < -0.4 is 16.4 Å². The van der Waals surface area contributed by atoms with Crippen molar-refractivity contribution in [1.29, 1.82) is 0 Å². The van der Waals surface area contributed by atoms with E-state index < -0.39 is 6.04 Å². The fourth-order valence-corrected chi connectivity index (χ4v) is 4.12. The summed E-state index contributed by atoms with van der Waals surface area (Å²) in [6.07, 6.45) is 0.748. The summed E-state index contributed by atoms with van der Waals surface area (Å²) < 4.78 is 5.67. The number of para-hydroxylation sites is 1. The molecule has 0 aliphatic carbocycles. The number of benzene rings is 3. The van der Waals surface area contributed by atoms with Crippen molar-refractivity contribution in [3.05, 3.63) is 89.5 Å². The average molecular weight is 459 g/mol. The van der Waals surface area contributed by atoms with Gasteiger partial charge in [-0.25, -0.2) is 4.79 Å². The van der Waals surface area contributed by atoms with Crippen LogP contribution in [0.4, 0.5) is 10.5 Å². The molecule has 1 atom stereocenters. The summed E-state index contributed by atoms with van der Waals surface area (Å²) in [6.45, 7) is 1.76. The molecule has 3 aromatic carbocycles. The minimum absolute atomic E-state index is 0.0945. The molecule has 0 radical (unpaired) electrons. The van der Waals surface area contributed by atoms with E-state index in [0.717, 1.165) is 34.4 Å². The molecule has 4 rings (SSSR count). The Hall–Kier alpha value is -3.68. The second kappa shape index (κ2) is 11.0. The maximum atomic E-state index is 12.9. The molecule has 3 amide bonds. The van der Waals surface area contributed by atoms with Crippen LogP contribution in [0.5, 0.6) is 0 Å². The number of hydrogen-bond donors (Lipinski definition) is 3. The quantitative estimate of drug-likeness (QED) is 0.505. The van der Waals surface area contributed by atoms with Gasteiger partial charge in [0.2, 0.25) is 5.91 Å². The molecule has 34 heavy (non-hydrogen) atoms. The van der Waals surface area contributed by atoms with E-state index in [1.165, 1.54) is 5.56 Å². The van der Waals surface area contributed by atoms with Gasteiger partial charge in [0.25, 0.3) is 0 Å². The van der Waals surface area contributed by atoms with Crippen molar-refractivity contribution in [2.45, 2.75) is 25.6 Å². The fraction of sp³-hybridized carbons (Fsp3) is 0.259. The number of fused-ring (bicyclic) bond motifs is 1. The molecule has 7 nitrogen and oxygen atoms in total. The zero-order chi connectivity index (χ0) is 23.9. The van der Waals surface area contributed by atoms with Crippen LogP contribution in [0.15, 0.2) is 72.8 Å². The lowest BCUT2D eigenvalue weighted by molar-refractivity contribution is -0.135. The SMILES string of the molecule is CNC(=O)Nc1ccccc1-c1ccc2c(c1)CCN(C(=O)C(N)COCc1ccccc1)C2. The molecule has 0 saturated heterocycles. The van der Waals surface area contributed by atoms with Gasteiger partial charge >= 0.3 is 6.03 Å². The first-order valence-corrected chi connectivity index (χ1v) is 11.4. The highest BCUT2D eigenvalue weighted by Crippen LogP contribution is 2.31. The van der Waals surface area contributed by atoms with Gasteiger partial charge in [-0.2, -0.15) is 0 Å². The summed E-state index contributed by atoms with van der Waals surface area (Å²) in [5.41, 5.74) is 12.2. The second-order valence-electron chi connectivity index (χ2n) is 8.35. The molecule has 1 aliphatic rings. The number of hydrogen-bond acceptors (Lipinski definition) is 4.